The van der Waals surface area contributed by atoms with Crippen molar-refractivity contribution in [2.75, 3.05) is 23.3 Å². The van der Waals surface area contributed by atoms with Gasteiger partial charge < -0.3 is 10.2 Å². The third kappa shape index (κ3) is 4.34. The van der Waals surface area contributed by atoms with Crippen molar-refractivity contribution in [3.63, 3.8) is 0 Å². The van der Waals surface area contributed by atoms with Gasteiger partial charge in [-0.05, 0) is 44.4 Å². The average molecular weight is 371 g/mol. The number of rotatable bonds is 3. The van der Waals surface area contributed by atoms with Crippen LogP contribution in [0.25, 0.3) is 0 Å². The second-order valence-corrected chi connectivity index (χ2v) is 6.46. The summed E-state index contributed by atoms with van der Waals surface area (Å²) in [5.74, 6) is 1.01. The molecule has 0 bridgehead atoms. The van der Waals surface area contributed by atoms with E-state index in [4.69, 9.17) is 11.6 Å². The van der Waals surface area contributed by atoms with Gasteiger partial charge in [0.2, 0.25) is 5.95 Å². The van der Waals surface area contributed by atoms with Crippen molar-refractivity contribution in [3.8, 4) is 0 Å². The second-order valence-electron chi connectivity index (χ2n) is 6.06. The lowest BCUT2D eigenvalue weighted by atomic mass is 10.1. The molecular weight excluding hydrogens is 353 g/mol. The molecule has 4 nitrogen and oxygen atoms in total. The van der Waals surface area contributed by atoms with Gasteiger partial charge in [0.15, 0.2) is 0 Å². The van der Waals surface area contributed by atoms with Crippen molar-refractivity contribution in [1.82, 2.24) is 9.97 Å². The van der Waals surface area contributed by atoms with Gasteiger partial charge in [-0.1, -0.05) is 11.6 Å². The highest BCUT2D eigenvalue weighted by atomic mass is 35.5. The fourth-order valence-corrected chi connectivity index (χ4v) is 2.98. The molecule has 8 heteroatoms. The molecule has 1 aliphatic rings. The van der Waals surface area contributed by atoms with Crippen LogP contribution in [0.15, 0.2) is 24.3 Å². The van der Waals surface area contributed by atoms with E-state index in [0.717, 1.165) is 49.6 Å². The van der Waals surface area contributed by atoms with E-state index in [2.05, 4.69) is 20.2 Å². The van der Waals surface area contributed by atoms with E-state index in [0.29, 0.717) is 0 Å². The lowest BCUT2D eigenvalue weighted by Gasteiger charge is -2.28. The van der Waals surface area contributed by atoms with Crippen molar-refractivity contribution in [3.05, 3.63) is 40.5 Å². The Kier molecular flexibility index (Phi) is 5.03. The number of nitrogens with one attached hydrogen (secondary N) is 1. The summed E-state index contributed by atoms with van der Waals surface area (Å²) >= 11 is 6.03. The van der Waals surface area contributed by atoms with Crippen LogP contribution in [0, 0.1) is 6.92 Å². The van der Waals surface area contributed by atoms with Crippen LogP contribution in [0.2, 0.25) is 5.02 Å². The summed E-state index contributed by atoms with van der Waals surface area (Å²) in [5, 5.41) is 3.00. The summed E-state index contributed by atoms with van der Waals surface area (Å²) in [6.07, 6.45) is -1.03. The Labute approximate surface area is 149 Å². The molecule has 0 saturated carbocycles. The minimum absolute atomic E-state index is 0.131. The van der Waals surface area contributed by atoms with Crippen LogP contribution in [0.5, 0.6) is 0 Å². The fourth-order valence-electron chi connectivity index (χ4n) is 2.81. The monoisotopic (exact) mass is 370 g/mol. The molecule has 1 aromatic heterocycles. The molecule has 0 atom stereocenters. The number of alkyl halides is 3. The van der Waals surface area contributed by atoms with E-state index < -0.39 is 11.7 Å². The average Bonchev–Trinajstić information content (AvgIpc) is 2.56. The summed E-state index contributed by atoms with van der Waals surface area (Å²) in [6, 6.07) is 5.01. The van der Waals surface area contributed by atoms with Gasteiger partial charge in [0.1, 0.15) is 5.82 Å². The molecule has 0 amide bonds. The Hall–Kier alpha value is -2.02. The Morgan fingerprint density at radius 2 is 1.80 bits per heavy atom. The first-order valence-electron chi connectivity index (χ1n) is 8.07. The molecule has 1 aromatic carbocycles. The van der Waals surface area contributed by atoms with Gasteiger partial charge in [0, 0.05) is 24.8 Å². The summed E-state index contributed by atoms with van der Waals surface area (Å²) in [6.45, 7) is 3.66. The van der Waals surface area contributed by atoms with Crippen molar-refractivity contribution in [2.24, 2.45) is 0 Å². The molecular formula is C17H18ClF3N4. The zero-order valence-corrected chi connectivity index (χ0v) is 14.5. The van der Waals surface area contributed by atoms with Gasteiger partial charge in [-0.25, -0.2) is 4.98 Å². The molecule has 1 aliphatic heterocycles. The number of hydrogen-bond donors (Lipinski definition) is 1. The predicted molar refractivity (Wildman–Crippen MR) is 92.6 cm³/mol. The maximum atomic E-state index is 12.9. The Balaban J connectivity index is 1.89. The van der Waals surface area contributed by atoms with Crippen molar-refractivity contribution >= 4 is 29.1 Å². The van der Waals surface area contributed by atoms with Crippen molar-refractivity contribution in [1.29, 1.82) is 0 Å². The van der Waals surface area contributed by atoms with E-state index in [-0.39, 0.29) is 16.7 Å². The molecule has 2 aromatic rings. The first-order chi connectivity index (χ1) is 11.8. The largest absolute Gasteiger partial charge is 0.416 e. The van der Waals surface area contributed by atoms with Gasteiger partial charge in [-0.3, -0.25) is 0 Å². The highest BCUT2D eigenvalue weighted by molar-refractivity contribution is 6.33. The van der Waals surface area contributed by atoms with Gasteiger partial charge in [0.25, 0.3) is 0 Å². The van der Waals surface area contributed by atoms with E-state index in [1.54, 1.807) is 0 Å². The number of nitrogens with zero attached hydrogens (tertiary/aromatic N) is 3. The third-order valence-corrected chi connectivity index (χ3v) is 4.39. The normalized spacial score (nSPS) is 15.3. The van der Waals surface area contributed by atoms with Crippen LogP contribution < -0.4 is 10.2 Å². The van der Waals surface area contributed by atoms with Crippen LogP contribution in [0.3, 0.4) is 0 Å². The second kappa shape index (κ2) is 7.07. The van der Waals surface area contributed by atoms with E-state index in [9.17, 15) is 13.2 Å². The lowest BCUT2D eigenvalue weighted by Crippen LogP contribution is -2.30. The molecule has 2 heterocycles. The first kappa shape index (κ1) is 17.8. The smallest absolute Gasteiger partial charge is 0.356 e. The van der Waals surface area contributed by atoms with Crippen molar-refractivity contribution in [2.45, 2.75) is 32.4 Å². The van der Waals surface area contributed by atoms with E-state index >= 15 is 0 Å². The summed E-state index contributed by atoms with van der Waals surface area (Å²) in [4.78, 5) is 10.9. The number of halogens is 4. The summed E-state index contributed by atoms with van der Waals surface area (Å²) in [5.41, 5.74) is 0.0937. The van der Waals surface area contributed by atoms with Gasteiger partial charge in [-0.15, -0.1) is 0 Å². The highest BCUT2D eigenvalue weighted by Crippen LogP contribution is 2.34. The molecule has 1 saturated heterocycles. The number of anilines is 3. The third-order valence-electron chi connectivity index (χ3n) is 4.06. The van der Waals surface area contributed by atoms with E-state index in [1.165, 1.54) is 12.5 Å². The number of benzene rings is 1. The molecule has 0 radical (unpaired) electrons. The lowest BCUT2D eigenvalue weighted by molar-refractivity contribution is -0.137. The van der Waals surface area contributed by atoms with Crippen LogP contribution >= 0.6 is 11.6 Å². The summed E-state index contributed by atoms with van der Waals surface area (Å²) < 4.78 is 38.7. The zero-order chi connectivity index (χ0) is 18.0. The van der Waals surface area contributed by atoms with Gasteiger partial charge in [-0.2, -0.15) is 18.2 Å². The Morgan fingerprint density at radius 3 is 2.48 bits per heavy atom. The molecule has 134 valence electrons. The minimum atomic E-state index is -4.44. The van der Waals surface area contributed by atoms with Crippen LogP contribution in [0.4, 0.5) is 30.6 Å². The van der Waals surface area contributed by atoms with Gasteiger partial charge in [0.05, 0.1) is 16.3 Å². The van der Waals surface area contributed by atoms with Crippen LogP contribution in [-0.2, 0) is 6.18 Å². The maximum absolute atomic E-state index is 12.9. The maximum Gasteiger partial charge on any atom is 0.416 e. The number of aromatic nitrogens is 2. The van der Waals surface area contributed by atoms with E-state index in [1.807, 2.05) is 13.0 Å². The molecule has 25 heavy (non-hydrogen) atoms. The molecule has 0 aliphatic carbocycles. The predicted octanol–water partition coefficient (Wildman–Crippen LogP) is 5.19. The molecule has 1 fully saturated rings. The van der Waals surface area contributed by atoms with Crippen LogP contribution in [0.1, 0.15) is 30.5 Å². The highest BCUT2D eigenvalue weighted by Gasteiger charge is 2.31. The Morgan fingerprint density at radius 1 is 1.08 bits per heavy atom. The number of aryl methyl sites for hydroxylation is 1. The first-order valence-corrected chi connectivity index (χ1v) is 8.45. The van der Waals surface area contributed by atoms with Crippen LogP contribution in [-0.4, -0.2) is 23.1 Å². The zero-order valence-electron chi connectivity index (χ0n) is 13.7. The Bertz CT molecular complexity index is 758. The molecule has 3 rings (SSSR count). The topological polar surface area (TPSA) is 41.1 Å². The molecule has 0 unspecified atom stereocenters. The molecule has 0 spiro atoms. The van der Waals surface area contributed by atoms with Crippen molar-refractivity contribution < 1.29 is 13.2 Å². The molecule has 1 N–H and O–H groups in total. The summed E-state index contributed by atoms with van der Waals surface area (Å²) in [7, 11) is 0. The SMILES string of the molecule is Cc1cc(N2CCCCC2)nc(Nc2cc(C(F)(F)F)ccc2Cl)n1. The standard InChI is InChI=1S/C17H18ClF3N4/c1-11-9-15(25-7-3-2-4-8-25)24-16(22-11)23-14-10-12(17(19,20)21)5-6-13(14)18/h5-6,9-10H,2-4,7-8H2,1H3,(H,22,23,24). The number of hydrogen-bond acceptors (Lipinski definition) is 4. The van der Waals surface area contributed by atoms with Gasteiger partial charge >= 0.3 is 6.18 Å². The quantitative estimate of drug-likeness (QED) is 0.807. The fraction of sp³-hybridized carbons (Fsp3) is 0.412. The number of piperidine rings is 1. The minimum Gasteiger partial charge on any atom is -0.356 e.